The average Bonchev–Trinajstić information content (AvgIpc) is 3.39. The van der Waals surface area contributed by atoms with E-state index in [9.17, 15) is 19.2 Å². The number of likely N-dealkylation sites (tertiary alicyclic amines) is 1. The minimum Gasteiger partial charge on any atom is -0.495 e. The lowest BCUT2D eigenvalue weighted by Gasteiger charge is -2.37. The van der Waals surface area contributed by atoms with Gasteiger partial charge in [-0.2, -0.15) is 0 Å². The van der Waals surface area contributed by atoms with Crippen molar-refractivity contribution in [2.75, 3.05) is 20.8 Å². The summed E-state index contributed by atoms with van der Waals surface area (Å²) in [7, 11) is 2.81. The molecule has 0 bridgehead atoms. The fraction of sp³-hybridized carbons (Fsp3) is 0.583. The molecule has 1 aromatic carbocycles. The van der Waals surface area contributed by atoms with Crippen LogP contribution in [0.5, 0.6) is 11.5 Å². The fourth-order valence-corrected chi connectivity index (χ4v) is 6.94. The number of amides is 1. The van der Waals surface area contributed by atoms with Crippen molar-refractivity contribution in [1.82, 2.24) is 9.88 Å². The second-order valence-corrected chi connectivity index (χ2v) is 13.9. The standard InChI is InChI=1S/C36H47ClN2O9/c1-8-9-10-11-12-13-23(18-29(41)47-35(3,4)5)33(42)39-21-36(19-27(39)34(43)45-7)17-16-24-30-25(14-15-28(44-6)31(30)37)38-26(32(24)48-36)20-46-22(2)40/h8,14-15,23,27H,1,9-13,16-21H2,2-7H3/t23-,27+,36?/m1/s1. The number of allylic oxidation sites excluding steroid dienone is 1. The van der Waals surface area contributed by atoms with Crippen LogP contribution in [0.3, 0.4) is 0 Å². The van der Waals surface area contributed by atoms with Crippen molar-refractivity contribution in [3.63, 3.8) is 0 Å². The summed E-state index contributed by atoms with van der Waals surface area (Å²) >= 11 is 6.78. The van der Waals surface area contributed by atoms with Crippen LogP contribution in [-0.4, -0.2) is 71.7 Å². The van der Waals surface area contributed by atoms with E-state index in [-0.39, 0.29) is 31.9 Å². The van der Waals surface area contributed by atoms with Gasteiger partial charge in [0.1, 0.15) is 41.0 Å². The number of methoxy groups -OCH3 is 2. The Bertz CT molecular complexity index is 1550. The zero-order valence-electron chi connectivity index (χ0n) is 28.8. The number of halogens is 1. The number of aromatic nitrogens is 1. The molecule has 0 saturated carbocycles. The second kappa shape index (κ2) is 15.6. The number of benzene rings is 1. The van der Waals surface area contributed by atoms with Gasteiger partial charge in [0.25, 0.3) is 0 Å². The van der Waals surface area contributed by atoms with Crippen LogP contribution in [0.15, 0.2) is 24.8 Å². The molecule has 4 rings (SSSR count). The minimum atomic E-state index is -0.979. The van der Waals surface area contributed by atoms with E-state index in [1.165, 1.54) is 26.0 Å². The van der Waals surface area contributed by atoms with Crippen molar-refractivity contribution >= 4 is 46.3 Å². The average molecular weight is 687 g/mol. The Balaban J connectivity index is 1.70. The van der Waals surface area contributed by atoms with E-state index >= 15 is 0 Å². The minimum absolute atomic E-state index is 0.0865. The van der Waals surface area contributed by atoms with Gasteiger partial charge < -0.3 is 28.6 Å². The molecular weight excluding hydrogens is 640 g/mol. The number of unbranched alkanes of at least 4 members (excludes halogenated alkanes) is 3. The number of nitrogens with zero attached hydrogens (tertiary/aromatic N) is 2. The van der Waals surface area contributed by atoms with Crippen LogP contribution < -0.4 is 9.47 Å². The summed E-state index contributed by atoms with van der Waals surface area (Å²) in [6.07, 6.45) is 6.69. The van der Waals surface area contributed by atoms with Crippen molar-refractivity contribution in [3.8, 4) is 11.5 Å². The van der Waals surface area contributed by atoms with E-state index in [0.29, 0.717) is 52.4 Å². The third kappa shape index (κ3) is 8.59. The Morgan fingerprint density at radius 2 is 1.94 bits per heavy atom. The number of carbonyl (C=O) groups is 4. The van der Waals surface area contributed by atoms with Gasteiger partial charge in [0, 0.05) is 30.2 Å². The fourth-order valence-electron chi connectivity index (χ4n) is 6.58. The molecule has 0 N–H and O–H groups in total. The maximum absolute atomic E-state index is 14.3. The molecule has 2 aliphatic rings. The van der Waals surface area contributed by atoms with Gasteiger partial charge in [0.05, 0.1) is 37.7 Å². The summed E-state index contributed by atoms with van der Waals surface area (Å²) in [6.45, 7) is 10.4. The number of pyridine rings is 1. The smallest absolute Gasteiger partial charge is 0.328 e. The highest BCUT2D eigenvalue weighted by Crippen LogP contribution is 2.47. The van der Waals surface area contributed by atoms with E-state index in [1.54, 1.807) is 32.9 Å². The summed E-state index contributed by atoms with van der Waals surface area (Å²) < 4.78 is 28.3. The van der Waals surface area contributed by atoms with Gasteiger partial charge in [0.15, 0.2) is 0 Å². The summed E-state index contributed by atoms with van der Waals surface area (Å²) in [4.78, 5) is 58.6. The van der Waals surface area contributed by atoms with Crippen LogP contribution in [-0.2, 0) is 46.4 Å². The van der Waals surface area contributed by atoms with Crippen molar-refractivity contribution < 1.29 is 42.9 Å². The highest BCUT2D eigenvalue weighted by molar-refractivity contribution is 6.37. The third-order valence-corrected chi connectivity index (χ3v) is 9.13. The maximum Gasteiger partial charge on any atom is 0.328 e. The van der Waals surface area contributed by atoms with Gasteiger partial charge in [-0.05, 0) is 65.0 Å². The number of carbonyl (C=O) groups excluding carboxylic acids is 4. The summed E-state index contributed by atoms with van der Waals surface area (Å²) in [6, 6.07) is 2.58. The van der Waals surface area contributed by atoms with E-state index < -0.39 is 41.1 Å². The normalized spacial score (nSPS) is 19.3. The van der Waals surface area contributed by atoms with Crippen molar-refractivity contribution in [2.45, 2.75) is 109 Å². The van der Waals surface area contributed by atoms with Crippen LogP contribution in [0, 0.1) is 5.92 Å². The highest BCUT2D eigenvalue weighted by atomic mass is 35.5. The zero-order valence-corrected chi connectivity index (χ0v) is 29.6. The molecule has 2 aromatic rings. The molecule has 2 aliphatic heterocycles. The topological polar surface area (TPSA) is 131 Å². The molecule has 48 heavy (non-hydrogen) atoms. The first-order valence-electron chi connectivity index (χ1n) is 16.4. The molecule has 12 heteroatoms. The lowest BCUT2D eigenvalue weighted by atomic mass is 9.87. The zero-order chi connectivity index (χ0) is 35.2. The number of ether oxygens (including phenoxy) is 5. The molecule has 1 saturated heterocycles. The van der Waals surface area contributed by atoms with Gasteiger partial charge in [-0.25, -0.2) is 9.78 Å². The van der Waals surface area contributed by atoms with Crippen molar-refractivity contribution in [2.24, 2.45) is 5.92 Å². The molecule has 3 heterocycles. The van der Waals surface area contributed by atoms with Crippen LogP contribution >= 0.6 is 11.6 Å². The maximum atomic E-state index is 14.3. The Kier molecular flexibility index (Phi) is 12.0. The summed E-state index contributed by atoms with van der Waals surface area (Å²) in [5, 5.41) is 1.04. The van der Waals surface area contributed by atoms with Crippen molar-refractivity contribution in [1.29, 1.82) is 0 Å². The lowest BCUT2D eigenvalue weighted by Crippen LogP contribution is -2.47. The number of fused-ring (bicyclic) bond motifs is 3. The molecular formula is C36H47ClN2O9. The van der Waals surface area contributed by atoms with Gasteiger partial charge in [-0.3, -0.25) is 14.4 Å². The first-order valence-corrected chi connectivity index (χ1v) is 16.8. The number of aryl methyl sites for hydroxylation is 1. The Morgan fingerprint density at radius 3 is 2.58 bits per heavy atom. The quantitative estimate of drug-likeness (QED) is 0.103. The van der Waals surface area contributed by atoms with Crippen LogP contribution in [0.2, 0.25) is 5.02 Å². The predicted molar refractivity (Wildman–Crippen MR) is 180 cm³/mol. The molecule has 0 radical (unpaired) electrons. The van der Waals surface area contributed by atoms with Gasteiger partial charge in [-0.15, -0.1) is 6.58 Å². The van der Waals surface area contributed by atoms with E-state index in [4.69, 9.17) is 40.3 Å². The largest absolute Gasteiger partial charge is 0.495 e. The number of esters is 3. The van der Waals surface area contributed by atoms with Gasteiger partial charge in [-0.1, -0.05) is 30.5 Å². The Morgan fingerprint density at radius 1 is 1.19 bits per heavy atom. The van der Waals surface area contributed by atoms with E-state index in [1.807, 2.05) is 6.08 Å². The molecule has 0 aliphatic carbocycles. The SMILES string of the molecule is C=CCCCCC[C@H](CC(=O)OC(C)(C)C)C(=O)N1CC2(CCc3c(c(COC(C)=O)nc4ccc(OC)c(Cl)c34)O2)C[C@H]1C(=O)OC. The monoisotopic (exact) mass is 686 g/mol. The molecule has 3 atom stereocenters. The Labute approximate surface area is 287 Å². The molecule has 11 nitrogen and oxygen atoms in total. The van der Waals surface area contributed by atoms with Gasteiger partial charge in [0.2, 0.25) is 5.91 Å². The van der Waals surface area contributed by atoms with Crippen molar-refractivity contribution in [3.05, 3.63) is 41.1 Å². The first kappa shape index (κ1) is 37.0. The third-order valence-electron chi connectivity index (χ3n) is 8.76. The summed E-state index contributed by atoms with van der Waals surface area (Å²) in [5.74, 6) is -1.66. The van der Waals surface area contributed by atoms with Crippen LogP contribution in [0.25, 0.3) is 10.9 Å². The predicted octanol–water partition coefficient (Wildman–Crippen LogP) is 6.28. The number of hydrogen-bond acceptors (Lipinski definition) is 10. The first-order chi connectivity index (χ1) is 22.7. The molecule has 262 valence electrons. The number of hydrogen-bond donors (Lipinski definition) is 0. The molecule has 1 aromatic heterocycles. The lowest BCUT2D eigenvalue weighted by molar-refractivity contribution is -0.159. The highest BCUT2D eigenvalue weighted by Gasteiger charge is 2.53. The molecule has 1 spiro atoms. The van der Waals surface area contributed by atoms with Crippen LogP contribution in [0.1, 0.15) is 90.3 Å². The van der Waals surface area contributed by atoms with E-state index in [0.717, 1.165) is 31.2 Å². The Hall–Kier alpha value is -3.86. The molecule has 1 unspecified atom stereocenters. The van der Waals surface area contributed by atoms with Crippen LogP contribution in [0.4, 0.5) is 0 Å². The number of rotatable bonds is 13. The van der Waals surface area contributed by atoms with E-state index in [2.05, 4.69) is 6.58 Å². The van der Waals surface area contributed by atoms with Gasteiger partial charge >= 0.3 is 17.9 Å². The molecule has 1 fully saturated rings. The summed E-state index contributed by atoms with van der Waals surface area (Å²) in [5.41, 5.74) is 0.0791. The second-order valence-electron chi connectivity index (χ2n) is 13.5. The molecule has 1 amide bonds.